The number of cyclic esters (lactones) is 4. The van der Waals surface area contributed by atoms with Crippen LogP contribution < -0.4 is 0 Å². The third-order valence-corrected chi connectivity index (χ3v) is 0.551. The third kappa shape index (κ3) is 2.57. The molecule has 0 aromatic carbocycles. The molecule has 0 aliphatic carbocycles. The molecule has 0 saturated heterocycles. The molecule has 0 amide bonds. The largest absolute Gasteiger partial charge is 0.523 e. The molecule has 10 heavy (non-hydrogen) atoms. The van der Waals surface area contributed by atoms with Gasteiger partial charge in [0.15, 0.2) is 0 Å². The number of hydrogen-bond donors (Lipinski definition) is 0. The standard InChI is InChI=1S/C4H2O5.Li/c5-3-7-1-2-8-4(6)9-3;/h1-2H;. The van der Waals surface area contributed by atoms with Crippen LogP contribution in [0.3, 0.4) is 0 Å². The Bertz CT molecular complexity index is 156. The molecule has 1 radical (unpaired) electrons. The van der Waals surface area contributed by atoms with E-state index < -0.39 is 12.3 Å². The molecule has 1 aliphatic heterocycles. The molecule has 0 unspecified atom stereocenters. The fourth-order valence-corrected chi connectivity index (χ4v) is 0.283. The third-order valence-electron chi connectivity index (χ3n) is 0.551. The number of carbonyl (C=O) groups excluding carboxylic acids is 2. The van der Waals surface area contributed by atoms with E-state index in [4.69, 9.17) is 0 Å². The van der Waals surface area contributed by atoms with E-state index in [2.05, 4.69) is 14.2 Å². The van der Waals surface area contributed by atoms with Crippen LogP contribution in [0.1, 0.15) is 0 Å². The van der Waals surface area contributed by atoms with Crippen molar-refractivity contribution < 1.29 is 23.8 Å². The van der Waals surface area contributed by atoms with Crippen LogP contribution in [-0.2, 0) is 14.2 Å². The Morgan fingerprint density at radius 1 is 1.00 bits per heavy atom. The molecule has 0 fully saturated rings. The van der Waals surface area contributed by atoms with Crippen LogP contribution in [0.4, 0.5) is 9.59 Å². The minimum absolute atomic E-state index is 0. The van der Waals surface area contributed by atoms with Crippen molar-refractivity contribution in [2.75, 3.05) is 0 Å². The summed E-state index contributed by atoms with van der Waals surface area (Å²) in [4.78, 5) is 20.2. The first kappa shape index (κ1) is 9.08. The minimum atomic E-state index is -1.09. The molecular formula is C4H2LiO5. The number of hydrogen-bond acceptors (Lipinski definition) is 5. The predicted octanol–water partition coefficient (Wildman–Crippen LogP) is 0.380. The zero-order chi connectivity index (χ0) is 6.69. The van der Waals surface area contributed by atoms with Gasteiger partial charge in [0.1, 0.15) is 12.5 Å². The molecule has 0 spiro atoms. The summed E-state index contributed by atoms with van der Waals surface area (Å²) in [6.07, 6.45) is -0.358. The van der Waals surface area contributed by atoms with E-state index in [1.807, 2.05) is 0 Å². The van der Waals surface area contributed by atoms with Gasteiger partial charge >= 0.3 is 12.3 Å². The summed E-state index contributed by atoms with van der Waals surface area (Å²) >= 11 is 0. The van der Waals surface area contributed by atoms with Crippen LogP contribution in [0.2, 0.25) is 0 Å². The summed E-state index contributed by atoms with van der Waals surface area (Å²) in [5.74, 6) is 0. The molecule has 6 heteroatoms. The average Bonchev–Trinajstić information content (AvgIpc) is 1.93. The maximum absolute atomic E-state index is 10.1. The molecule has 1 rings (SSSR count). The van der Waals surface area contributed by atoms with Crippen LogP contribution >= 0.6 is 0 Å². The van der Waals surface area contributed by atoms with E-state index in [-0.39, 0.29) is 18.9 Å². The SMILES string of the molecule is O=C1OC=COC(=O)O1.[Li]. The topological polar surface area (TPSA) is 61.8 Å². The molecule has 1 aliphatic rings. The quantitative estimate of drug-likeness (QED) is 0.274. The molecule has 49 valence electrons. The van der Waals surface area contributed by atoms with Crippen molar-refractivity contribution in [3.05, 3.63) is 12.5 Å². The monoisotopic (exact) mass is 137 g/mol. The van der Waals surface area contributed by atoms with Gasteiger partial charge in [-0.3, -0.25) is 0 Å². The normalized spacial score (nSPS) is 15.6. The van der Waals surface area contributed by atoms with Crippen LogP contribution in [-0.4, -0.2) is 31.2 Å². The van der Waals surface area contributed by atoms with Crippen molar-refractivity contribution in [3.63, 3.8) is 0 Å². The summed E-state index contributed by atoms with van der Waals surface area (Å²) < 4.78 is 12.0. The van der Waals surface area contributed by atoms with Gasteiger partial charge in [-0.2, -0.15) is 0 Å². The van der Waals surface area contributed by atoms with Gasteiger partial charge in [-0.25, -0.2) is 9.59 Å². The maximum atomic E-state index is 10.1. The fraction of sp³-hybridized carbons (Fsp3) is 0. The van der Waals surface area contributed by atoms with Gasteiger partial charge in [-0.05, 0) is 0 Å². The number of rotatable bonds is 0. The van der Waals surface area contributed by atoms with E-state index in [0.29, 0.717) is 0 Å². The Morgan fingerprint density at radius 2 is 1.40 bits per heavy atom. The Hall–Kier alpha value is -0.923. The first-order valence-electron chi connectivity index (χ1n) is 2.03. The number of carbonyl (C=O) groups is 2. The van der Waals surface area contributed by atoms with Gasteiger partial charge in [0.2, 0.25) is 0 Å². The molecule has 0 saturated carbocycles. The van der Waals surface area contributed by atoms with E-state index in [1.54, 1.807) is 0 Å². The molecule has 1 heterocycles. The second-order valence-corrected chi connectivity index (χ2v) is 1.11. The Labute approximate surface area is 68.1 Å². The number of ether oxygens (including phenoxy) is 3. The van der Waals surface area contributed by atoms with Crippen LogP contribution in [0.25, 0.3) is 0 Å². The van der Waals surface area contributed by atoms with E-state index in [1.165, 1.54) is 0 Å². The van der Waals surface area contributed by atoms with E-state index >= 15 is 0 Å². The second-order valence-electron chi connectivity index (χ2n) is 1.11. The van der Waals surface area contributed by atoms with Crippen molar-refractivity contribution in [1.82, 2.24) is 0 Å². The first-order chi connectivity index (χ1) is 4.29. The molecule has 0 bridgehead atoms. The van der Waals surface area contributed by atoms with Crippen molar-refractivity contribution in [3.8, 4) is 0 Å². The van der Waals surface area contributed by atoms with Gasteiger partial charge in [0.05, 0.1) is 0 Å². The van der Waals surface area contributed by atoms with Gasteiger partial charge in [0, 0.05) is 18.9 Å². The molecule has 0 atom stereocenters. The Kier molecular flexibility index (Phi) is 3.62. The van der Waals surface area contributed by atoms with Gasteiger partial charge < -0.3 is 14.2 Å². The zero-order valence-electron chi connectivity index (χ0n) is 5.20. The van der Waals surface area contributed by atoms with E-state index in [9.17, 15) is 9.59 Å². The van der Waals surface area contributed by atoms with Crippen LogP contribution in [0.5, 0.6) is 0 Å². The Balaban J connectivity index is 0.000000810. The van der Waals surface area contributed by atoms with Gasteiger partial charge in [-0.1, -0.05) is 0 Å². The van der Waals surface area contributed by atoms with Crippen molar-refractivity contribution >= 4 is 31.2 Å². The minimum Gasteiger partial charge on any atom is -0.399 e. The van der Waals surface area contributed by atoms with Crippen molar-refractivity contribution in [1.29, 1.82) is 0 Å². The molecule has 0 aromatic heterocycles. The van der Waals surface area contributed by atoms with E-state index in [0.717, 1.165) is 12.5 Å². The second kappa shape index (κ2) is 3.98. The van der Waals surface area contributed by atoms with Crippen LogP contribution in [0.15, 0.2) is 12.5 Å². The van der Waals surface area contributed by atoms with Gasteiger partial charge in [-0.15, -0.1) is 0 Å². The molecule has 5 nitrogen and oxygen atoms in total. The van der Waals surface area contributed by atoms with Crippen molar-refractivity contribution in [2.45, 2.75) is 0 Å². The Morgan fingerprint density at radius 3 is 1.80 bits per heavy atom. The summed E-state index contributed by atoms with van der Waals surface area (Å²) in [5.41, 5.74) is 0. The summed E-state index contributed by atoms with van der Waals surface area (Å²) in [5, 5.41) is 0. The molecular weight excluding hydrogens is 135 g/mol. The summed E-state index contributed by atoms with van der Waals surface area (Å²) in [7, 11) is 0. The summed E-state index contributed by atoms with van der Waals surface area (Å²) in [6.45, 7) is 0. The maximum Gasteiger partial charge on any atom is 0.523 e. The molecule has 0 N–H and O–H groups in total. The zero-order valence-corrected chi connectivity index (χ0v) is 5.20. The average molecular weight is 137 g/mol. The predicted molar refractivity (Wildman–Crippen MR) is 28.9 cm³/mol. The first-order valence-corrected chi connectivity index (χ1v) is 2.03. The fourth-order valence-electron chi connectivity index (χ4n) is 0.283. The van der Waals surface area contributed by atoms with Gasteiger partial charge in [0.25, 0.3) is 0 Å². The van der Waals surface area contributed by atoms with Crippen LogP contribution in [0, 0.1) is 0 Å². The summed E-state index contributed by atoms with van der Waals surface area (Å²) in [6, 6.07) is 0. The van der Waals surface area contributed by atoms with Crippen molar-refractivity contribution in [2.24, 2.45) is 0 Å². The molecule has 0 aromatic rings. The smallest absolute Gasteiger partial charge is 0.399 e.